The van der Waals surface area contributed by atoms with Crippen LogP contribution < -0.4 is 15.4 Å². The molecule has 3 aromatic rings. The van der Waals surface area contributed by atoms with Crippen molar-refractivity contribution < 1.29 is 22.7 Å². The predicted molar refractivity (Wildman–Crippen MR) is 127 cm³/mol. The van der Waals surface area contributed by atoms with Crippen LogP contribution in [0.5, 0.6) is 5.75 Å². The first kappa shape index (κ1) is 25.8. The molecule has 0 radical (unpaired) electrons. The summed E-state index contributed by atoms with van der Waals surface area (Å²) >= 11 is 0. The van der Waals surface area contributed by atoms with Gasteiger partial charge in [0.1, 0.15) is 17.8 Å². The molecule has 5 nitrogen and oxygen atoms in total. The van der Waals surface area contributed by atoms with Crippen LogP contribution in [0.4, 0.5) is 13.2 Å². The van der Waals surface area contributed by atoms with Crippen molar-refractivity contribution in [1.29, 1.82) is 5.26 Å². The van der Waals surface area contributed by atoms with Gasteiger partial charge in [0, 0.05) is 6.42 Å². The number of methoxy groups -OCH3 is 1. The molecule has 0 unspecified atom stereocenters. The number of carbonyl (C=O) groups is 1. The third-order valence-electron chi connectivity index (χ3n) is 5.50. The summed E-state index contributed by atoms with van der Waals surface area (Å²) in [5.74, 6) is -0.0962. The van der Waals surface area contributed by atoms with Gasteiger partial charge in [-0.15, -0.1) is 0 Å². The summed E-state index contributed by atoms with van der Waals surface area (Å²) in [6.07, 6.45) is -4.42. The van der Waals surface area contributed by atoms with Gasteiger partial charge in [-0.2, -0.15) is 18.4 Å². The second-order valence-corrected chi connectivity index (χ2v) is 8.04. The molecule has 0 aliphatic carbocycles. The number of carbonyl (C=O) groups excluding carboxylic acids is 1. The number of benzene rings is 3. The van der Waals surface area contributed by atoms with Gasteiger partial charge in [-0.25, -0.2) is 0 Å². The van der Waals surface area contributed by atoms with Gasteiger partial charge in [-0.05, 0) is 35.2 Å². The van der Waals surface area contributed by atoms with Gasteiger partial charge < -0.3 is 10.1 Å². The van der Waals surface area contributed by atoms with Gasteiger partial charge in [0.25, 0.3) is 0 Å². The molecule has 0 aromatic heterocycles. The van der Waals surface area contributed by atoms with Crippen molar-refractivity contribution in [2.24, 2.45) is 0 Å². The molecule has 3 rings (SSSR count). The van der Waals surface area contributed by atoms with Crippen molar-refractivity contribution in [3.05, 3.63) is 102 Å². The molecule has 35 heavy (non-hydrogen) atoms. The molecule has 0 saturated carbocycles. The van der Waals surface area contributed by atoms with E-state index in [0.29, 0.717) is 11.3 Å². The summed E-state index contributed by atoms with van der Waals surface area (Å²) < 4.78 is 47.2. The van der Waals surface area contributed by atoms with Crippen molar-refractivity contribution >= 4 is 5.91 Å². The van der Waals surface area contributed by atoms with E-state index in [0.717, 1.165) is 5.56 Å². The Morgan fingerprint density at radius 3 is 2.03 bits per heavy atom. The Morgan fingerprint density at radius 2 is 1.49 bits per heavy atom. The largest absolute Gasteiger partial charge is 0.497 e. The highest BCUT2D eigenvalue weighted by Crippen LogP contribution is 2.33. The first-order chi connectivity index (χ1) is 16.8. The molecule has 0 bridgehead atoms. The number of hydrogen-bond acceptors (Lipinski definition) is 4. The predicted octanol–water partition coefficient (Wildman–Crippen LogP) is 4.75. The van der Waals surface area contributed by atoms with Crippen LogP contribution in [-0.2, 0) is 17.6 Å². The number of amides is 1. The van der Waals surface area contributed by atoms with Crippen LogP contribution in [0.2, 0.25) is 0 Å². The molecule has 182 valence electrons. The molecular weight excluding hydrogens is 455 g/mol. The van der Waals surface area contributed by atoms with E-state index in [2.05, 4.69) is 10.6 Å². The fraction of sp³-hybridized carbons (Fsp3) is 0.259. The zero-order chi connectivity index (χ0) is 25.3. The third kappa shape index (κ3) is 7.59. The average Bonchev–Trinajstić information content (AvgIpc) is 2.86. The minimum Gasteiger partial charge on any atom is -0.497 e. The zero-order valence-electron chi connectivity index (χ0n) is 19.1. The fourth-order valence-corrected chi connectivity index (χ4v) is 3.70. The number of hydrogen-bond donors (Lipinski definition) is 2. The molecule has 0 saturated heterocycles. The second-order valence-electron chi connectivity index (χ2n) is 8.04. The van der Waals surface area contributed by atoms with E-state index in [1.807, 2.05) is 36.4 Å². The quantitative estimate of drug-likeness (QED) is 0.438. The van der Waals surface area contributed by atoms with Crippen LogP contribution in [0.15, 0.2) is 84.9 Å². The first-order valence-corrected chi connectivity index (χ1v) is 11.0. The molecular formula is C27H26F3N3O2. The Labute approximate surface area is 202 Å². The monoisotopic (exact) mass is 481 g/mol. The lowest BCUT2D eigenvalue weighted by molar-refractivity contribution is -0.160. The molecule has 0 heterocycles. The van der Waals surface area contributed by atoms with Crippen LogP contribution in [-0.4, -0.2) is 31.3 Å². The van der Waals surface area contributed by atoms with Crippen LogP contribution in [0, 0.1) is 11.3 Å². The number of ether oxygens (including phenoxy) is 1. The number of nitrogens with one attached hydrogen (secondary N) is 2. The minimum atomic E-state index is -4.64. The van der Waals surface area contributed by atoms with Crippen molar-refractivity contribution in [2.45, 2.75) is 37.1 Å². The summed E-state index contributed by atoms with van der Waals surface area (Å²) in [5.41, 5.74) is 1.47. The molecule has 0 aliphatic rings. The van der Waals surface area contributed by atoms with Crippen molar-refractivity contribution in [3.63, 3.8) is 0 Å². The Morgan fingerprint density at radius 1 is 0.914 bits per heavy atom. The topological polar surface area (TPSA) is 74.2 Å². The van der Waals surface area contributed by atoms with Crippen LogP contribution in [0.1, 0.15) is 22.7 Å². The molecule has 0 spiro atoms. The summed E-state index contributed by atoms with van der Waals surface area (Å²) in [4.78, 5) is 13.2. The van der Waals surface area contributed by atoms with Gasteiger partial charge in [-0.1, -0.05) is 72.8 Å². The van der Waals surface area contributed by atoms with Gasteiger partial charge in [-0.3, -0.25) is 10.1 Å². The molecule has 3 aromatic carbocycles. The molecule has 2 N–H and O–H groups in total. The Kier molecular flexibility index (Phi) is 8.87. The lowest BCUT2D eigenvalue weighted by Gasteiger charge is -2.28. The maximum atomic E-state index is 14.0. The Balaban J connectivity index is 1.85. The zero-order valence-corrected chi connectivity index (χ0v) is 19.1. The molecule has 8 heteroatoms. The number of alkyl halides is 3. The number of halogens is 3. The summed E-state index contributed by atoms with van der Waals surface area (Å²) in [5, 5.41) is 14.7. The van der Waals surface area contributed by atoms with Crippen LogP contribution >= 0.6 is 0 Å². The van der Waals surface area contributed by atoms with E-state index >= 15 is 0 Å². The highest BCUT2D eigenvalue weighted by Gasteiger charge is 2.43. The standard InChI is InChI=1S/C27H26F3N3O2/c1-35-23-14-12-20(13-15-23)17-24(33-25(27(28,29)30)21-10-6-3-7-11-21)26(34)32-22(18-31)16-19-8-4-2-5-9-19/h2-15,22,24-25,33H,16-17H2,1H3,(H,32,34)/t22-,24+,25-/m1/s1. The highest BCUT2D eigenvalue weighted by atomic mass is 19.4. The molecule has 0 fully saturated rings. The van der Waals surface area contributed by atoms with E-state index in [4.69, 9.17) is 4.74 Å². The molecule has 3 atom stereocenters. The van der Waals surface area contributed by atoms with Crippen molar-refractivity contribution in [1.82, 2.24) is 10.6 Å². The van der Waals surface area contributed by atoms with Crippen LogP contribution in [0.3, 0.4) is 0 Å². The minimum absolute atomic E-state index is 0.00588. The maximum Gasteiger partial charge on any atom is 0.407 e. The Bertz CT molecular complexity index is 1110. The van der Waals surface area contributed by atoms with E-state index in [-0.39, 0.29) is 18.4 Å². The second kappa shape index (κ2) is 12.0. The van der Waals surface area contributed by atoms with Crippen LogP contribution in [0.25, 0.3) is 0 Å². The van der Waals surface area contributed by atoms with E-state index in [1.165, 1.54) is 31.4 Å². The number of nitrogens with zero attached hydrogens (tertiary/aromatic N) is 1. The highest BCUT2D eigenvalue weighted by molar-refractivity contribution is 5.82. The first-order valence-electron chi connectivity index (χ1n) is 11.0. The van der Waals surface area contributed by atoms with Crippen molar-refractivity contribution in [2.75, 3.05) is 7.11 Å². The smallest absolute Gasteiger partial charge is 0.407 e. The van der Waals surface area contributed by atoms with E-state index in [9.17, 15) is 23.2 Å². The van der Waals surface area contributed by atoms with Gasteiger partial charge >= 0.3 is 6.18 Å². The number of rotatable bonds is 10. The summed E-state index contributed by atoms with van der Waals surface area (Å²) in [6, 6.07) is 21.0. The molecule has 1 amide bonds. The summed E-state index contributed by atoms with van der Waals surface area (Å²) in [7, 11) is 1.51. The maximum absolute atomic E-state index is 14.0. The third-order valence-corrected chi connectivity index (χ3v) is 5.50. The lowest BCUT2D eigenvalue weighted by atomic mass is 10.00. The van der Waals surface area contributed by atoms with E-state index < -0.39 is 30.2 Å². The Hall–Kier alpha value is -3.83. The normalized spacial score (nSPS) is 13.8. The average molecular weight is 482 g/mol. The van der Waals surface area contributed by atoms with Gasteiger partial charge in [0.2, 0.25) is 5.91 Å². The van der Waals surface area contributed by atoms with Crippen molar-refractivity contribution in [3.8, 4) is 11.8 Å². The van der Waals surface area contributed by atoms with Gasteiger partial charge in [0.15, 0.2) is 0 Å². The summed E-state index contributed by atoms with van der Waals surface area (Å²) in [6.45, 7) is 0. The molecule has 0 aliphatic heterocycles. The lowest BCUT2D eigenvalue weighted by Crippen LogP contribution is -2.52. The SMILES string of the molecule is COc1ccc(C[C@H](N[C@H](c2ccccc2)C(F)(F)F)C(=O)N[C@@H](C#N)Cc2ccccc2)cc1. The van der Waals surface area contributed by atoms with Gasteiger partial charge in [0.05, 0.1) is 19.2 Å². The fourth-order valence-electron chi connectivity index (χ4n) is 3.70. The number of nitriles is 1. The van der Waals surface area contributed by atoms with E-state index in [1.54, 1.807) is 30.3 Å².